The highest BCUT2D eigenvalue weighted by atomic mass is 16.5. The molecule has 38 heavy (non-hydrogen) atoms. The molecule has 0 saturated carbocycles. The summed E-state index contributed by atoms with van der Waals surface area (Å²) < 4.78 is 17.4. The van der Waals surface area contributed by atoms with Crippen molar-refractivity contribution >= 4 is 29.5 Å². The molecular weight excluding hydrogens is 486 g/mol. The fraction of sp³-hybridized carbons (Fsp3) is 0.414. The van der Waals surface area contributed by atoms with Gasteiger partial charge in [0, 0.05) is 30.6 Å². The predicted octanol–water partition coefficient (Wildman–Crippen LogP) is 3.65. The van der Waals surface area contributed by atoms with Crippen molar-refractivity contribution in [2.75, 3.05) is 44.5 Å². The molecule has 3 amide bonds. The number of hydrogen-bond donors (Lipinski definition) is 1. The van der Waals surface area contributed by atoms with Crippen molar-refractivity contribution in [1.82, 2.24) is 10.3 Å². The first-order chi connectivity index (χ1) is 18.5. The van der Waals surface area contributed by atoms with Crippen molar-refractivity contribution < 1.29 is 28.6 Å². The van der Waals surface area contributed by atoms with Crippen molar-refractivity contribution in [2.24, 2.45) is 0 Å². The van der Waals surface area contributed by atoms with Crippen molar-refractivity contribution in [1.29, 1.82) is 0 Å². The van der Waals surface area contributed by atoms with Gasteiger partial charge in [-0.05, 0) is 56.5 Å². The Labute approximate surface area is 223 Å². The molecule has 0 radical (unpaired) electrons. The van der Waals surface area contributed by atoms with Gasteiger partial charge in [-0.15, -0.1) is 0 Å². The number of amides is 3. The van der Waals surface area contributed by atoms with E-state index in [1.54, 1.807) is 36.4 Å². The fourth-order valence-electron chi connectivity index (χ4n) is 4.36. The van der Waals surface area contributed by atoms with Crippen LogP contribution >= 0.6 is 0 Å². The van der Waals surface area contributed by atoms with Crippen LogP contribution in [0.1, 0.15) is 43.7 Å². The van der Waals surface area contributed by atoms with E-state index < -0.39 is 11.8 Å². The van der Waals surface area contributed by atoms with E-state index in [2.05, 4.69) is 5.43 Å². The van der Waals surface area contributed by atoms with Gasteiger partial charge in [0.25, 0.3) is 11.8 Å². The van der Waals surface area contributed by atoms with Crippen LogP contribution < -0.4 is 19.9 Å². The van der Waals surface area contributed by atoms with Gasteiger partial charge in [-0.25, -0.2) is 5.01 Å². The minimum Gasteiger partial charge on any atom is -0.493 e. The number of ether oxygens (including phenoxy) is 3. The van der Waals surface area contributed by atoms with Crippen molar-refractivity contribution in [3.05, 3.63) is 59.2 Å². The van der Waals surface area contributed by atoms with Crippen LogP contribution in [0.3, 0.4) is 0 Å². The van der Waals surface area contributed by atoms with E-state index in [1.807, 2.05) is 30.9 Å². The molecule has 4 rings (SSSR count). The summed E-state index contributed by atoms with van der Waals surface area (Å²) in [7, 11) is 0. The summed E-state index contributed by atoms with van der Waals surface area (Å²) in [5.41, 5.74) is 4.64. The Morgan fingerprint density at radius 1 is 1.03 bits per heavy atom. The van der Waals surface area contributed by atoms with Gasteiger partial charge in [0.1, 0.15) is 17.1 Å². The summed E-state index contributed by atoms with van der Waals surface area (Å²) in [5.74, 6) is 0.482. The van der Waals surface area contributed by atoms with Gasteiger partial charge in [-0.3, -0.25) is 19.8 Å². The number of nitrogens with zero attached hydrogens (tertiary/aromatic N) is 2. The van der Waals surface area contributed by atoms with Crippen LogP contribution in [0, 0.1) is 6.92 Å². The number of unbranched alkanes of at least 4 members (excludes halogenated alkanes) is 1. The molecule has 9 heteroatoms. The molecule has 2 heterocycles. The predicted molar refractivity (Wildman–Crippen MR) is 144 cm³/mol. The minimum atomic E-state index is -0.476. The molecule has 0 unspecified atom stereocenters. The highest BCUT2D eigenvalue weighted by Gasteiger charge is 2.34. The van der Waals surface area contributed by atoms with Crippen LogP contribution in [0.25, 0.3) is 6.08 Å². The number of morpholine rings is 1. The highest BCUT2D eigenvalue weighted by molar-refractivity contribution is 6.31. The quantitative estimate of drug-likeness (QED) is 0.275. The Morgan fingerprint density at radius 2 is 1.79 bits per heavy atom. The number of carbonyl (C=O) groups is 3. The first-order valence-corrected chi connectivity index (χ1v) is 13.2. The molecule has 2 aromatic rings. The van der Waals surface area contributed by atoms with Crippen LogP contribution in [0.2, 0.25) is 0 Å². The molecule has 0 aromatic heterocycles. The monoisotopic (exact) mass is 521 g/mol. The van der Waals surface area contributed by atoms with Gasteiger partial charge in [0.05, 0.1) is 32.1 Å². The van der Waals surface area contributed by atoms with E-state index in [0.29, 0.717) is 81.5 Å². The lowest BCUT2D eigenvalue weighted by Crippen LogP contribution is -2.40. The second-order valence-electron chi connectivity index (χ2n) is 9.23. The molecule has 0 bridgehead atoms. The molecule has 9 nitrogen and oxygen atoms in total. The molecule has 202 valence electrons. The number of nitrogens with one attached hydrogen (secondary N) is 1. The number of rotatable bonds is 11. The smallest absolute Gasteiger partial charge is 0.282 e. The molecule has 0 aliphatic carbocycles. The van der Waals surface area contributed by atoms with Crippen molar-refractivity contribution in [2.45, 2.75) is 39.5 Å². The summed E-state index contributed by atoms with van der Waals surface area (Å²) in [6, 6.07) is 12.6. The minimum absolute atomic E-state index is 0.0245. The summed E-state index contributed by atoms with van der Waals surface area (Å²) >= 11 is 0. The molecule has 2 aromatic carbocycles. The van der Waals surface area contributed by atoms with Crippen molar-refractivity contribution in [3.63, 3.8) is 0 Å². The largest absolute Gasteiger partial charge is 0.493 e. The Morgan fingerprint density at radius 3 is 2.53 bits per heavy atom. The number of anilines is 1. The van der Waals surface area contributed by atoms with E-state index in [9.17, 15) is 14.4 Å². The molecule has 0 atom stereocenters. The van der Waals surface area contributed by atoms with Gasteiger partial charge in [-0.1, -0.05) is 25.1 Å². The van der Waals surface area contributed by atoms with Crippen LogP contribution in [-0.4, -0.2) is 62.1 Å². The molecule has 0 spiro atoms. The maximum Gasteiger partial charge on any atom is 0.282 e. The number of carbonyl (C=O) groups excluding carboxylic acids is 3. The third kappa shape index (κ3) is 6.52. The Kier molecular flexibility index (Phi) is 9.37. The molecule has 2 aliphatic rings. The second kappa shape index (κ2) is 13.1. The third-order valence-electron chi connectivity index (χ3n) is 6.45. The van der Waals surface area contributed by atoms with Crippen LogP contribution in [0.15, 0.2) is 48.0 Å². The lowest BCUT2D eigenvalue weighted by molar-refractivity contribution is -0.135. The normalized spacial score (nSPS) is 16.6. The zero-order chi connectivity index (χ0) is 26.9. The second-order valence-corrected chi connectivity index (χ2v) is 9.23. The zero-order valence-electron chi connectivity index (χ0n) is 22.0. The molecule has 2 aliphatic heterocycles. The van der Waals surface area contributed by atoms with Crippen LogP contribution in [-0.2, 0) is 19.1 Å². The van der Waals surface area contributed by atoms with E-state index in [0.717, 1.165) is 12.0 Å². The van der Waals surface area contributed by atoms with Crippen molar-refractivity contribution in [3.8, 4) is 11.5 Å². The number of hydrazine groups is 1. The molecular formula is C29H35N3O6. The zero-order valence-corrected chi connectivity index (χ0v) is 22.0. The molecule has 2 fully saturated rings. The standard InChI is InChI=1S/C29H35N3O6/c1-3-16-37-25-13-12-22(20-24-28(34)30-32(29(24)35)23-9-5-4-6-10-23)27(21(25)2)38-17-8-7-11-26(33)31-14-18-36-19-15-31/h4-6,9-10,12-13,20H,3,7-8,11,14-19H2,1-2H3,(H,30,34)/b24-20-. The van der Waals surface area contributed by atoms with E-state index in [-0.39, 0.29) is 11.5 Å². The molecule has 2 saturated heterocycles. The summed E-state index contributed by atoms with van der Waals surface area (Å²) in [6.07, 6.45) is 4.28. The van der Waals surface area contributed by atoms with E-state index in [4.69, 9.17) is 14.2 Å². The summed E-state index contributed by atoms with van der Waals surface area (Å²) in [5, 5.41) is 1.24. The Balaban J connectivity index is 1.47. The number of benzene rings is 2. The van der Waals surface area contributed by atoms with Crippen LogP contribution in [0.4, 0.5) is 5.69 Å². The van der Waals surface area contributed by atoms with E-state index >= 15 is 0 Å². The van der Waals surface area contributed by atoms with Gasteiger partial charge in [0.2, 0.25) is 5.91 Å². The first-order valence-electron chi connectivity index (χ1n) is 13.2. The fourth-order valence-corrected chi connectivity index (χ4v) is 4.36. The Hall–Kier alpha value is -3.85. The maximum absolute atomic E-state index is 13.1. The third-order valence-corrected chi connectivity index (χ3v) is 6.45. The van der Waals surface area contributed by atoms with Gasteiger partial charge in [-0.2, -0.15) is 0 Å². The lowest BCUT2D eigenvalue weighted by Gasteiger charge is -2.26. The average molecular weight is 522 g/mol. The summed E-state index contributed by atoms with van der Waals surface area (Å²) in [6.45, 7) is 7.36. The number of para-hydroxylation sites is 1. The van der Waals surface area contributed by atoms with Gasteiger partial charge in [0.15, 0.2) is 0 Å². The molecule has 1 N–H and O–H groups in total. The Bertz CT molecular complexity index is 1170. The van der Waals surface area contributed by atoms with Gasteiger partial charge >= 0.3 is 0 Å². The highest BCUT2D eigenvalue weighted by Crippen LogP contribution is 2.34. The lowest BCUT2D eigenvalue weighted by atomic mass is 10.0. The topological polar surface area (TPSA) is 97.4 Å². The average Bonchev–Trinajstić information content (AvgIpc) is 3.23. The SMILES string of the molecule is CCCOc1ccc(/C=C2/C(=O)NN(c3ccccc3)C2=O)c(OCCCCC(=O)N2CCOCC2)c1C. The van der Waals surface area contributed by atoms with Crippen LogP contribution in [0.5, 0.6) is 11.5 Å². The maximum atomic E-state index is 13.1. The first kappa shape index (κ1) is 27.2. The summed E-state index contributed by atoms with van der Waals surface area (Å²) in [4.78, 5) is 40.0. The number of hydrogen-bond acceptors (Lipinski definition) is 6. The van der Waals surface area contributed by atoms with Gasteiger partial charge < -0.3 is 19.1 Å². The van der Waals surface area contributed by atoms with E-state index in [1.165, 1.54) is 5.01 Å².